The third-order valence-corrected chi connectivity index (χ3v) is 3.10. The van der Waals surface area contributed by atoms with Crippen LogP contribution in [0.4, 0.5) is 0 Å². The molecule has 0 aliphatic carbocycles. The van der Waals surface area contributed by atoms with Gasteiger partial charge in [-0.15, -0.1) is 0 Å². The second kappa shape index (κ2) is 6.73. The molecular weight excluding hydrogens is 250 g/mol. The topological polar surface area (TPSA) is 70.6 Å². The molecule has 0 saturated carbocycles. The minimum atomic E-state index is 0.129. The lowest BCUT2D eigenvalue weighted by Gasteiger charge is -2.07. The van der Waals surface area contributed by atoms with Crippen LogP contribution in [-0.2, 0) is 13.1 Å². The quantitative estimate of drug-likeness (QED) is 0.338. The number of benzene rings is 2. The first kappa shape index (κ1) is 14.1. The maximum Gasteiger partial charge on any atom is 0.170 e. The van der Waals surface area contributed by atoms with Crippen LogP contribution >= 0.6 is 0 Å². The van der Waals surface area contributed by atoms with E-state index in [0.29, 0.717) is 0 Å². The van der Waals surface area contributed by atoms with E-state index in [9.17, 15) is 0 Å². The Bertz CT molecular complexity index is 591. The third kappa shape index (κ3) is 3.83. The van der Waals surface area contributed by atoms with E-state index in [1.165, 1.54) is 11.1 Å². The minimum Gasteiger partial charge on any atom is -0.409 e. The van der Waals surface area contributed by atoms with E-state index in [0.717, 1.165) is 24.2 Å². The molecule has 0 unspecified atom stereocenters. The van der Waals surface area contributed by atoms with Crippen molar-refractivity contribution < 1.29 is 5.21 Å². The molecule has 0 amide bonds. The lowest BCUT2D eigenvalue weighted by atomic mass is 10.1. The molecule has 0 atom stereocenters. The number of rotatable bonds is 5. The van der Waals surface area contributed by atoms with Crippen molar-refractivity contribution in [1.82, 2.24) is 5.32 Å². The highest BCUT2D eigenvalue weighted by atomic mass is 16.4. The van der Waals surface area contributed by atoms with Crippen molar-refractivity contribution in [2.24, 2.45) is 10.9 Å². The van der Waals surface area contributed by atoms with Gasteiger partial charge in [0.15, 0.2) is 5.84 Å². The Morgan fingerprint density at radius 2 is 1.80 bits per heavy atom. The Labute approximate surface area is 118 Å². The van der Waals surface area contributed by atoms with Crippen molar-refractivity contribution in [3.8, 4) is 0 Å². The molecule has 2 aromatic rings. The highest BCUT2D eigenvalue weighted by molar-refractivity contribution is 5.96. The number of nitrogens with zero attached hydrogens (tertiary/aromatic N) is 1. The third-order valence-electron chi connectivity index (χ3n) is 3.10. The summed E-state index contributed by atoms with van der Waals surface area (Å²) >= 11 is 0. The summed E-state index contributed by atoms with van der Waals surface area (Å²) in [5.41, 5.74) is 9.94. The highest BCUT2D eigenvalue weighted by Gasteiger charge is 1.99. The highest BCUT2D eigenvalue weighted by Crippen LogP contribution is 2.06. The number of amidine groups is 1. The smallest absolute Gasteiger partial charge is 0.170 e. The Morgan fingerprint density at radius 1 is 1.10 bits per heavy atom. The standard InChI is InChI=1S/C16H19N3O/c1-12-3-2-4-14(9-12)11-18-10-13-5-7-15(8-6-13)16(17)19-20/h2-9,18,20H,10-11H2,1H3,(H2,17,19). The number of nitrogens with one attached hydrogen (secondary N) is 1. The largest absolute Gasteiger partial charge is 0.409 e. The molecule has 2 rings (SSSR count). The molecule has 0 aliphatic rings. The average Bonchev–Trinajstić information content (AvgIpc) is 2.47. The molecule has 4 heteroatoms. The molecule has 0 fully saturated rings. The zero-order chi connectivity index (χ0) is 14.4. The van der Waals surface area contributed by atoms with E-state index in [1.54, 1.807) is 0 Å². The number of hydrogen-bond acceptors (Lipinski definition) is 3. The van der Waals surface area contributed by atoms with Gasteiger partial charge in [-0.05, 0) is 18.1 Å². The number of oxime groups is 1. The first-order valence-electron chi connectivity index (χ1n) is 6.52. The maximum absolute atomic E-state index is 8.60. The van der Waals surface area contributed by atoms with Gasteiger partial charge in [-0.1, -0.05) is 59.3 Å². The van der Waals surface area contributed by atoms with Crippen molar-refractivity contribution in [1.29, 1.82) is 0 Å². The second-order valence-electron chi connectivity index (χ2n) is 4.77. The van der Waals surface area contributed by atoms with Crippen LogP contribution in [0.5, 0.6) is 0 Å². The molecule has 0 saturated heterocycles. The predicted octanol–water partition coefficient (Wildman–Crippen LogP) is 2.38. The van der Waals surface area contributed by atoms with Gasteiger partial charge in [0.25, 0.3) is 0 Å². The van der Waals surface area contributed by atoms with Crippen LogP contribution in [0.15, 0.2) is 53.7 Å². The Morgan fingerprint density at radius 3 is 2.45 bits per heavy atom. The predicted molar refractivity (Wildman–Crippen MR) is 80.7 cm³/mol. The second-order valence-corrected chi connectivity index (χ2v) is 4.77. The Kier molecular flexibility index (Phi) is 4.74. The van der Waals surface area contributed by atoms with Crippen LogP contribution in [0, 0.1) is 6.92 Å². The molecule has 0 bridgehead atoms. The summed E-state index contributed by atoms with van der Waals surface area (Å²) in [4.78, 5) is 0. The monoisotopic (exact) mass is 269 g/mol. The zero-order valence-corrected chi connectivity index (χ0v) is 11.5. The number of hydrogen-bond donors (Lipinski definition) is 3. The van der Waals surface area contributed by atoms with Gasteiger partial charge in [-0.2, -0.15) is 0 Å². The Hall–Kier alpha value is -2.33. The first-order valence-corrected chi connectivity index (χ1v) is 6.52. The van der Waals surface area contributed by atoms with Crippen molar-refractivity contribution in [2.45, 2.75) is 20.0 Å². The molecule has 104 valence electrons. The van der Waals surface area contributed by atoms with E-state index < -0.39 is 0 Å². The lowest BCUT2D eigenvalue weighted by molar-refractivity contribution is 0.318. The summed E-state index contributed by atoms with van der Waals surface area (Å²) in [6.07, 6.45) is 0. The summed E-state index contributed by atoms with van der Waals surface area (Å²) in [5.74, 6) is 0.129. The van der Waals surface area contributed by atoms with Crippen LogP contribution in [-0.4, -0.2) is 11.0 Å². The number of aryl methyl sites for hydroxylation is 1. The molecule has 4 N–H and O–H groups in total. The molecule has 0 spiro atoms. The zero-order valence-electron chi connectivity index (χ0n) is 11.5. The Balaban J connectivity index is 1.88. The van der Waals surface area contributed by atoms with Crippen LogP contribution in [0.1, 0.15) is 22.3 Å². The van der Waals surface area contributed by atoms with Gasteiger partial charge >= 0.3 is 0 Å². The van der Waals surface area contributed by atoms with Gasteiger partial charge in [0.2, 0.25) is 0 Å². The van der Waals surface area contributed by atoms with Crippen molar-refractivity contribution in [3.05, 3.63) is 70.8 Å². The molecule has 4 nitrogen and oxygen atoms in total. The SMILES string of the molecule is Cc1cccc(CNCc2ccc(C(N)=NO)cc2)c1. The molecule has 2 aromatic carbocycles. The summed E-state index contributed by atoms with van der Waals surface area (Å²) in [6, 6.07) is 16.1. The normalized spacial score (nSPS) is 11.6. The molecule has 0 aromatic heterocycles. The van der Waals surface area contributed by atoms with Gasteiger partial charge in [0.1, 0.15) is 0 Å². The minimum absolute atomic E-state index is 0.129. The van der Waals surface area contributed by atoms with Gasteiger partial charge < -0.3 is 16.3 Å². The van der Waals surface area contributed by atoms with Crippen molar-refractivity contribution in [3.63, 3.8) is 0 Å². The molecule has 0 radical (unpaired) electrons. The number of nitrogens with two attached hydrogens (primary N) is 1. The van der Waals surface area contributed by atoms with Gasteiger partial charge in [-0.25, -0.2) is 0 Å². The van der Waals surface area contributed by atoms with Gasteiger partial charge in [0, 0.05) is 18.7 Å². The fraction of sp³-hybridized carbons (Fsp3) is 0.188. The summed E-state index contributed by atoms with van der Waals surface area (Å²) in [6.45, 7) is 3.71. The van der Waals surface area contributed by atoms with E-state index in [1.807, 2.05) is 24.3 Å². The summed E-state index contributed by atoms with van der Waals surface area (Å²) in [7, 11) is 0. The fourth-order valence-electron chi connectivity index (χ4n) is 2.02. The van der Waals surface area contributed by atoms with Crippen LogP contribution in [0.25, 0.3) is 0 Å². The maximum atomic E-state index is 8.60. The lowest BCUT2D eigenvalue weighted by Crippen LogP contribution is -2.14. The van der Waals surface area contributed by atoms with Crippen LogP contribution < -0.4 is 11.1 Å². The van der Waals surface area contributed by atoms with E-state index >= 15 is 0 Å². The van der Waals surface area contributed by atoms with Gasteiger partial charge in [-0.3, -0.25) is 0 Å². The molecule has 0 heterocycles. The molecule has 0 aliphatic heterocycles. The van der Waals surface area contributed by atoms with Gasteiger partial charge in [0.05, 0.1) is 0 Å². The summed E-state index contributed by atoms with van der Waals surface area (Å²) in [5, 5.41) is 15.0. The van der Waals surface area contributed by atoms with Crippen molar-refractivity contribution >= 4 is 5.84 Å². The van der Waals surface area contributed by atoms with E-state index in [2.05, 4.69) is 41.7 Å². The van der Waals surface area contributed by atoms with E-state index in [4.69, 9.17) is 10.9 Å². The van der Waals surface area contributed by atoms with E-state index in [-0.39, 0.29) is 5.84 Å². The van der Waals surface area contributed by atoms with Crippen LogP contribution in [0.2, 0.25) is 0 Å². The fourth-order valence-corrected chi connectivity index (χ4v) is 2.02. The molecular formula is C16H19N3O. The first-order chi connectivity index (χ1) is 9.69. The van der Waals surface area contributed by atoms with Crippen LogP contribution in [0.3, 0.4) is 0 Å². The summed E-state index contributed by atoms with van der Waals surface area (Å²) < 4.78 is 0. The average molecular weight is 269 g/mol. The van der Waals surface area contributed by atoms with Crippen molar-refractivity contribution in [2.75, 3.05) is 0 Å². The molecule has 20 heavy (non-hydrogen) atoms.